The molecule has 0 atom stereocenters. The highest BCUT2D eigenvalue weighted by Gasteiger charge is 2.25. The van der Waals surface area contributed by atoms with Crippen LogP contribution in [0.1, 0.15) is 42.5 Å². The number of nitrogens with zero attached hydrogens (tertiary/aromatic N) is 2. The molecular weight excluding hydrogens is 216 g/mol. The number of nitriles is 1. The molecule has 0 unspecified atom stereocenters. The minimum Gasteiger partial charge on any atom is -0.245 e. The van der Waals surface area contributed by atoms with Gasteiger partial charge < -0.3 is 0 Å². The minimum absolute atomic E-state index is 0.723. The van der Waals surface area contributed by atoms with Gasteiger partial charge in [-0.25, -0.2) is 4.98 Å². The van der Waals surface area contributed by atoms with Crippen LogP contribution >= 0.6 is 11.8 Å². The van der Waals surface area contributed by atoms with Gasteiger partial charge in [0.1, 0.15) is 11.1 Å². The van der Waals surface area contributed by atoms with E-state index in [0.29, 0.717) is 0 Å². The molecule has 16 heavy (non-hydrogen) atoms. The monoisotopic (exact) mass is 230 g/mol. The number of rotatable bonds is 2. The summed E-state index contributed by atoms with van der Waals surface area (Å²) in [5, 5.41) is 10.9. The first-order chi connectivity index (χ1) is 7.86. The molecule has 3 rings (SSSR count). The van der Waals surface area contributed by atoms with Gasteiger partial charge in [0.25, 0.3) is 0 Å². The number of hydrogen-bond donors (Lipinski definition) is 0. The Hall–Kier alpha value is -1.01. The predicted molar refractivity (Wildman–Crippen MR) is 64.5 cm³/mol. The van der Waals surface area contributed by atoms with Gasteiger partial charge in [-0.05, 0) is 50.2 Å². The third-order valence-electron chi connectivity index (χ3n) is 3.19. The Morgan fingerprint density at radius 3 is 2.88 bits per heavy atom. The summed E-state index contributed by atoms with van der Waals surface area (Å²) in [7, 11) is 0. The molecule has 3 heteroatoms. The van der Waals surface area contributed by atoms with Crippen LogP contribution in [0, 0.1) is 11.3 Å². The van der Waals surface area contributed by atoms with Crippen molar-refractivity contribution in [3.8, 4) is 6.07 Å². The Balaban J connectivity index is 1.98. The van der Waals surface area contributed by atoms with E-state index in [4.69, 9.17) is 10.2 Å². The number of pyridine rings is 1. The molecule has 1 saturated carbocycles. The number of thioether (sulfide) groups is 1. The van der Waals surface area contributed by atoms with Crippen LogP contribution in [-0.2, 0) is 12.8 Å². The Labute approximate surface area is 100 Å². The molecule has 1 fully saturated rings. The number of fused-ring (bicyclic) bond motifs is 1. The van der Waals surface area contributed by atoms with Crippen molar-refractivity contribution in [1.29, 1.82) is 5.26 Å². The number of aromatic nitrogens is 1. The fourth-order valence-electron chi connectivity index (χ4n) is 2.13. The van der Waals surface area contributed by atoms with Crippen molar-refractivity contribution in [2.75, 3.05) is 0 Å². The second-order valence-corrected chi connectivity index (χ2v) is 5.87. The molecule has 0 spiro atoms. The largest absolute Gasteiger partial charge is 0.245 e. The molecule has 0 aliphatic heterocycles. The van der Waals surface area contributed by atoms with Crippen molar-refractivity contribution in [3.05, 3.63) is 22.9 Å². The van der Waals surface area contributed by atoms with E-state index in [1.807, 2.05) is 0 Å². The van der Waals surface area contributed by atoms with Gasteiger partial charge in [-0.1, -0.05) is 0 Å². The third kappa shape index (κ3) is 1.94. The van der Waals surface area contributed by atoms with E-state index in [9.17, 15) is 0 Å². The molecule has 0 saturated heterocycles. The zero-order valence-corrected chi connectivity index (χ0v) is 10.0. The van der Waals surface area contributed by atoms with Gasteiger partial charge in [0.05, 0.1) is 5.56 Å². The van der Waals surface area contributed by atoms with Crippen LogP contribution in [0.3, 0.4) is 0 Å². The quantitative estimate of drug-likeness (QED) is 0.783. The molecule has 1 aromatic rings. The van der Waals surface area contributed by atoms with Crippen LogP contribution in [0.4, 0.5) is 0 Å². The normalized spacial score (nSPS) is 18.9. The van der Waals surface area contributed by atoms with Crippen molar-refractivity contribution < 1.29 is 0 Å². The van der Waals surface area contributed by atoms with E-state index in [-0.39, 0.29) is 0 Å². The molecule has 0 aromatic carbocycles. The topological polar surface area (TPSA) is 36.7 Å². The Morgan fingerprint density at radius 1 is 1.31 bits per heavy atom. The summed E-state index contributed by atoms with van der Waals surface area (Å²) in [6.07, 6.45) is 7.27. The number of hydrogen-bond acceptors (Lipinski definition) is 3. The molecule has 82 valence electrons. The molecule has 2 nitrogen and oxygen atoms in total. The SMILES string of the molecule is N#Cc1cc2c(nc1SC1CC1)CCCC2. The Kier molecular flexibility index (Phi) is 2.61. The minimum atomic E-state index is 0.723. The maximum Gasteiger partial charge on any atom is 0.114 e. The Bertz CT molecular complexity index is 458. The molecule has 0 bridgehead atoms. The fraction of sp³-hybridized carbons (Fsp3) is 0.538. The standard InChI is InChI=1S/C13H14N2S/c14-8-10-7-9-3-1-2-4-12(9)15-13(10)16-11-5-6-11/h7,11H,1-6H2. The first-order valence-electron chi connectivity index (χ1n) is 5.96. The first-order valence-corrected chi connectivity index (χ1v) is 6.84. The molecule has 1 aromatic heterocycles. The van der Waals surface area contributed by atoms with Gasteiger partial charge in [-0.2, -0.15) is 5.26 Å². The lowest BCUT2D eigenvalue weighted by Gasteiger charge is -2.16. The third-order valence-corrected chi connectivity index (χ3v) is 4.53. The fourth-order valence-corrected chi connectivity index (χ4v) is 3.21. The molecule has 0 N–H and O–H groups in total. The second-order valence-electron chi connectivity index (χ2n) is 4.58. The van der Waals surface area contributed by atoms with E-state index in [0.717, 1.165) is 28.7 Å². The van der Waals surface area contributed by atoms with Crippen molar-refractivity contribution in [1.82, 2.24) is 4.98 Å². The van der Waals surface area contributed by atoms with Crippen molar-refractivity contribution in [2.45, 2.75) is 48.8 Å². The zero-order valence-electron chi connectivity index (χ0n) is 9.20. The summed E-state index contributed by atoms with van der Waals surface area (Å²) >= 11 is 1.80. The van der Waals surface area contributed by atoms with Crippen LogP contribution in [-0.4, -0.2) is 10.2 Å². The summed E-state index contributed by atoms with van der Waals surface area (Å²) in [4.78, 5) is 4.70. The van der Waals surface area contributed by atoms with Crippen LogP contribution in [0.15, 0.2) is 11.1 Å². The van der Waals surface area contributed by atoms with Crippen LogP contribution in [0.25, 0.3) is 0 Å². The van der Waals surface area contributed by atoms with E-state index >= 15 is 0 Å². The summed E-state index contributed by atoms with van der Waals surface area (Å²) < 4.78 is 0. The van der Waals surface area contributed by atoms with Crippen LogP contribution in [0.5, 0.6) is 0 Å². The number of aryl methyl sites for hydroxylation is 2. The summed E-state index contributed by atoms with van der Waals surface area (Å²) in [5.74, 6) is 0. The summed E-state index contributed by atoms with van der Waals surface area (Å²) in [6.45, 7) is 0. The van der Waals surface area contributed by atoms with Gasteiger partial charge in [-0.3, -0.25) is 0 Å². The summed E-state index contributed by atoms with van der Waals surface area (Å²) in [5.41, 5.74) is 3.34. The van der Waals surface area contributed by atoms with Crippen molar-refractivity contribution in [3.63, 3.8) is 0 Å². The Morgan fingerprint density at radius 2 is 2.12 bits per heavy atom. The highest BCUT2D eigenvalue weighted by atomic mass is 32.2. The maximum atomic E-state index is 9.15. The van der Waals surface area contributed by atoms with Gasteiger partial charge >= 0.3 is 0 Å². The highest BCUT2D eigenvalue weighted by Crippen LogP contribution is 2.40. The van der Waals surface area contributed by atoms with Gasteiger partial charge in [0.15, 0.2) is 0 Å². The van der Waals surface area contributed by atoms with E-state index in [1.165, 1.54) is 36.9 Å². The zero-order chi connectivity index (χ0) is 11.0. The lowest BCUT2D eigenvalue weighted by molar-refractivity contribution is 0.660. The first kappa shape index (κ1) is 10.2. The van der Waals surface area contributed by atoms with Crippen molar-refractivity contribution >= 4 is 11.8 Å². The van der Waals surface area contributed by atoms with Gasteiger partial charge in [-0.15, -0.1) is 11.8 Å². The van der Waals surface area contributed by atoms with Crippen LogP contribution < -0.4 is 0 Å². The molecular formula is C13H14N2S. The van der Waals surface area contributed by atoms with Crippen LogP contribution in [0.2, 0.25) is 0 Å². The predicted octanol–water partition coefficient (Wildman–Crippen LogP) is 3.09. The average Bonchev–Trinajstić information content (AvgIpc) is 3.12. The lowest BCUT2D eigenvalue weighted by Crippen LogP contribution is -2.07. The molecule has 0 amide bonds. The highest BCUT2D eigenvalue weighted by molar-refractivity contribution is 8.00. The average molecular weight is 230 g/mol. The summed E-state index contributed by atoms with van der Waals surface area (Å²) in [6, 6.07) is 4.37. The van der Waals surface area contributed by atoms with E-state index in [1.54, 1.807) is 11.8 Å². The lowest BCUT2D eigenvalue weighted by atomic mass is 9.95. The smallest absolute Gasteiger partial charge is 0.114 e. The van der Waals surface area contributed by atoms with E-state index in [2.05, 4.69) is 12.1 Å². The molecule has 0 radical (unpaired) electrons. The maximum absolute atomic E-state index is 9.15. The van der Waals surface area contributed by atoms with Gasteiger partial charge in [0.2, 0.25) is 0 Å². The molecule has 1 heterocycles. The van der Waals surface area contributed by atoms with E-state index < -0.39 is 0 Å². The van der Waals surface area contributed by atoms with Gasteiger partial charge in [0, 0.05) is 10.9 Å². The second kappa shape index (κ2) is 4.10. The molecule has 2 aliphatic carbocycles. The molecule has 2 aliphatic rings. The van der Waals surface area contributed by atoms with Crippen molar-refractivity contribution in [2.24, 2.45) is 0 Å².